The van der Waals surface area contributed by atoms with E-state index >= 15 is 0 Å². The minimum absolute atomic E-state index is 0.890. The molecule has 0 N–H and O–H groups in total. The highest BCUT2D eigenvalue weighted by atomic mass is 16.3. The molecular formula is C48H29NO2. The van der Waals surface area contributed by atoms with Crippen LogP contribution in [0.25, 0.3) is 105 Å². The van der Waals surface area contributed by atoms with Crippen LogP contribution >= 0.6 is 0 Å². The zero-order chi connectivity index (χ0) is 33.5. The normalized spacial score (nSPS) is 11.9. The molecule has 3 heterocycles. The Labute approximate surface area is 293 Å². The molecule has 0 bridgehead atoms. The molecular weight excluding hydrogens is 623 g/mol. The quantitative estimate of drug-likeness (QED) is 0.190. The van der Waals surface area contributed by atoms with E-state index in [0.29, 0.717) is 0 Å². The highest BCUT2D eigenvalue weighted by Crippen LogP contribution is 2.47. The number of aromatic nitrogens is 1. The molecule has 11 rings (SSSR count). The Morgan fingerprint density at radius 2 is 0.843 bits per heavy atom. The van der Waals surface area contributed by atoms with Crippen molar-refractivity contribution in [1.29, 1.82) is 0 Å². The van der Waals surface area contributed by atoms with Crippen molar-refractivity contribution in [1.82, 2.24) is 4.57 Å². The number of furan rings is 2. The molecule has 3 nitrogen and oxygen atoms in total. The average molecular weight is 652 g/mol. The zero-order valence-electron chi connectivity index (χ0n) is 27.5. The summed E-state index contributed by atoms with van der Waals surface area (Å²) in [7, 11) is 0. The summed E-state index contributed by atoms with van der Waals surface area (Å²) < 4.78 is 15.7. The van der Waals surface area contributed by atoms with Gasteiger partial charge in [-0.25, -0.2) is 0 Å². The third kappa shape index (κ3) is 4.12. The molecule has 0 spiro atoms. The third-order valence-electron chi connectivity index (χ3n) is 10.4. The van der Waals surface area contributed by atoms with Gasteiger partial charge in [0.15, 0.2) is 0 Å². The molecule has 0 saturated carbocycles. The molecule has 11 aromatic rings. The monoisotopic (exact) mass is 651 g/mol. The molecule has 238 valence electrons. The molecule has 0 unspecified atom stereocenters. The minimum Gasteiger partial charge on any atom is -0.455 e. The first-order valence-electron chi connectivity index (χ1n) is 17.4. The smallest absolute Gasteiger partial charge is 0.143 e. The lowest BCUT2D eigenvalue weighted by molar-refractivity contribution is 0.669. The number of hydrogen-bond acceptors (Lipinski definition) is 2. The standard InChI is InChI=1S/C48H29NO2/c1-2-12-30(13-3-1)31-24-26-32(27-25-31)49-42-21-7-4-16-41(42)45-35(39-19-10-17-37-33-14-5-8-22-43(33)50-47(37)39)28-29-36(46(45)49)40-20-11-18-38-34-15-6-9-23-44(34)51-48(38)40/h1-29H. The summed E-state index contributed by atoms with van der Waals surface area (Å²) in [5, 5.41) is 6.84. The summed E-state index contributed by atoms with van der Waals surface area (Å²) in [6.07, 6.45) is 0. The van der Waals surface area contributed by atoms with E-state index in [4.69, 9.17) is 8.83 Å². The Morgan fingerprint density at radius 3 is 1.51 bits per heavy atom. The number of rotatable bonds is 4. The van der Waals surface area contributed by atoms with Crippen molar-refractivity contribution >= 4 is 65.7 Å². The molecule has 0 atom stereocenters. The van der Waals surface area contributed by atoms with Gasteiger partial charge in [0.25, 0.3) is 0 Å². The number of benzene rings is 8. The van der Waals surface area contributed by atoms with E-state index < -0.39 is 0 Å². The average Bonchev–Trinajstić information content (AvgIpc) is 3.88. The lowest BCUT2D eigenvalue weighted by Crippen LogP contribution is -1.96. The summed E-state index contributed by atoms with van der Waals surface area (Å²) >= 11 is 0. The molecule has 8 aromatic carbocycles. The fourth-order valence-corrected chi connectivity index (χ4v) is 8.16. The molecule has 0 fully saturated rings. The molecule has 0 aliphatic carbocycles. The largest absolute Gasteiger partial charge is 0.455 e. The molecule has 0 aliphatic rings. The van der Waals surface area contributed by atoms with E-state index in [1.165, 1.54) is 21.9 Å². The second kappa shape index (κ2) is 10.8. The van der Waals surface area contributed by atoms with Crippen LogP contribution in [-0.4, -0.2) is 4.57 Å². The van der Waals surface area contributed by atoms with E-state index in [1.54, 1.807) is 0 Å². The SMILES string of the molecule is c1ccc(-c2ccc(-n3c4ccccc4c4c(-c5cccc6c5oc5ccccc56)ccc(-c5cccc6c5oc5ccccc56)c43)cc2)cc1. The maximum atomic E-state index is 6.65. The summed E-state index contributed by atoms with van der Waals surface area (Å²) in [6.45, 7) is 0. The Balaban J connectivity index is 1.27. The lowest BCUT2D eigenvalue weighted by Gasteiger charge is -2.15. The van der Waals surface area contributed by atoms with Crippen molar-refractivity contribution in [2.45, 2.75) is 0 Å². The van der Waals surface area contributed by atoms with Crippen molar-refractivity contribution in [3.63, 3.8) is 0 Å². The molecule has 0 radical (unpaired) electrons. The maximum Gasteiger partial charge on any atom is 0.143 e. The number of para-hydroxylation sites is 5. The van der Waals surface area contributed by atoms with Gasteiger partial charge < -0.3 is 13.4 Å². The van der Waals surface area contributed by atoms with Gasteiger partial charge in [-0.05, 0) is 47.0 Å². The van der Waals surface area contributed by atoms with Crippen molar-refractivity contribution in [2.75, 3.05) is 0 Å². The molecule has 3 aromatic heterocycles. The van der Waals surface area contributed by atoms with E-state index in [1.807, 2.05) is 12.1 Å². The molecule has 0 amide bonds. The maximum absolute atomic E-state index is 6.65. The van der Waals surface area contributed by atoms with Gasteiger partial charge in [0.1, 0.15) is 22.3 Å². The van der Waals surface area contributed by atoms with Crippen LogP contribution in [-0.2, 0) is 0 Å². The van der Waals surface area contributed by atoms with Gasteiger partial charge in [0.05, 0.1) is 11.0 Å². The van der Waals surface area contributed by atoms with Crippen LogP contribution in [0.3, 0.4) is 0 Å². The fraction of sp³-hybridized carbons (Fsp3) is 0. The number of fused-ring (bicyclic) bond motifs is 9. The fourth-order valence-electron chi connectivity index (χ4n) is 8.16. The van der Waals surface area contributed by atoms with Crippen LogP contribution in [0.1, 0.15) is 0 Å². The molecule has 3 heteroatoms. The van der Waals surface area contributed by atoms with E-state index in [0.717, 1.165) is 82.9 Å². The summed E-state index contributed by atoms with van der Waals surface area (Å²) in [4.78, 5) is 0. The van der Waals surface area contributed by atoms with Crippen LogP contribution in [0.4, 0.5) is 0 Å². The molecule has 51 heavy (non-hydrogen) atoms. The zero-order valence-corrected chi connectivity index (χ0v) is 27.5. The first kappa shape index (κ1) is 28.0. The van der Waals surface area contributed by atoms with Gasteiger partial charge in [0, 0.05) is 54.7 Å². The van der Waals surface area contributed by atoms with Crippen molar-refractivity contribution in [3.05, 3.63) is 176 Å². The highest BCUT2D eigenvalue weighted by Gasteiger charge is 2.24. The van der Waals surface area contributed by atoms with Gasteiger partial charge in [-0.2, -0.15) is 0 Å². The Morgan fingerprint density at radius 1 is 0.333 bits per heavy atom. The van der Waals surface area contributed by atoms with E-state index in [-0.39, 0.29) is 0 Å². The third-order valence-corrected chi connectivity index (χ3v) is 10.4. The Hall–Kier alpha value is -6.84. The molecule has 0 saturated heterocycles. The summed E-state index contributed by atoms with van der Waals surface area (Å²) in [5.41, 5.74) is 13.7. The summed E-state index contributed by atoms with van der Waals surface area (Å²) in [6, 6.07) is 62.4. The van der Waals surface area contributed by atoms with Crippen molar-refractivity contribution in [3.8, 4) is 39.1 Å². The van der Waals surface area contributed by atoms with Crippen LogP contribution in [0, 0.1) is 0 Å². The van der Waals surface area contributed by atoms with Crippen LogP contribution in [0.5, 0.6) is 0 Å². The van der Waals surface area contributed by atoms with Gasteiger partial charge in [-0.15, -0.1) is 0 Å². The van der Waals surface area contributed by atoms with E-state index in [9.17, 15) is 0 Å². The highest BCUT2D eigenvalue weighted by molar-refractivity contribution is 6.23. The second-order valence-electron chi connectivity index (χ2n) is 13.2. The van der Waals surface area contributed by atoms with Crippen LogP contribution in [0.2, 0.25) is 0 Å². The van der Waals surface area contributed by atoms with Gasteiger partial charge in [-0.3, -0.25) is 0 Å². The lowest BCUT2D eigenvalue weighted by atomic mass is 9.93. The van der Waals surface area contributed by atoms with Gasteiger partial charge >= 0.3 is 0 Å². The number of nitrogens with zero attached hydrogens (tertiary/aromatic N) is 1. The topological polar surface area (TPSA) is 31.2 Å². The summed E-state index contributed by atoms with van der Waals surface area (Å²) in [5.74, 6) is 0. The second-order valence-corrected chi connectivity index (χ2v) is 13.2. The van der Waals surface area contributed by atoms with Crippen molar-refractivity contribution < 1.29 is 8.83 Å². The minimum atomic E-state index is 0.890. The van der Waals surface area contributed by atoms with Gasteiger partial charge in [-0.1, -0.05) is 146 Å². The van der Waals surface area contributed by atoms with Crippen molar-refractivity contribution in [2.24, 2.45) is 0 Å². The Kier molecular flexibility index (Phi) is 5.96. The first-order valence-corrected chi connectivity index (χ1v) is 17.4. The number of hydrogen-bond donors (Lipinski definition) is 0. The first-order chi connectivity index (χ1) is 25.3. The van der Waals surface area contributed by atoms with E-state index in [2.05, 4.69) is 168 Å². The Bertz CT molecular complexity index is 3120. The predicted octanol–water partition coefficient (Wildman–Crippen LogP) is 13.6. The van der Waals surface area contributed by atoms with Gasteiger partial charge in [0.2, 0.25) is 0 Å². The van der Waals surface area contributed by atoms with Crippen LogP contribution in [0.15, 0.2) is 185 Å². The predicted molar refractivity (Wildman–Crippen MR) is 212 cm³/mol. The molecule has 0 aliphatic heterocycles. The van der Waals surface area contributed by atoms with Crippen LogP contribution < -0.4 is 0 Å².